The molecule has 1 rings (SSSR count). The summed E-state index contributed by atoms with van der Waals surface area (Å²) in [5, 5.41) is 1.91. The normalized spacial score (nSPS) is 14.7. The van der Waals surface area contributed by atoms with Crippen LogP contribution in [0.4, 0.5) is 9.18 Å². The Labute approximate surface area is 152 Å². The summed E-state index contributed by atoms with van der Waals surface area (Å²) in [6.45, 7) is 5.07. The minimum Gasteiger partial charge on any atom is -0.444 e. The van der Waals surface area contributed by atoms with Crippen LogP contribution in [0.1, 0.15) is 32.4 Å². The number of ether oxygens (including phenoxy) is 1. The van der Waals surface area contributed by atoms with Crippen molar-refractivity contribution in [2.45, 2.75) is 32.4 Å². The molecule has 5 N–H and O–H groups in total. The zero-order valence-electron chi connectivity index (χ0n) is 15.0. The molecule has 8 nitrogen and oxygen atoms in total. The summed E-state index contributed by atoms with van der Waals surface area (Å²) in [5.41, 5.74) is 11.0. The van der Waals surface area contributed by atoms with E-state index in [0.29, 0.717) is 5.56 Å². The van der Waals surface area contributed by atoms with E-state index >= 15 is 0 Å². The highest BCUT2D eigenvalue weighted by Gasteiger charge is 2.22. The summed E-state index contributed by atoms with van der Waals surface area (Å²) in [4.78, 5) is 15.7. The van der Waals surface area contributed by atoms with E-state index < -0.39 is 38.6 Å². The molecule has 1 unspecified atom stereocenters. The van der Waals surface area contributed by atoms with Gasteiger partial charge in [0.1, 0.15) is 11.4 Å². The molecule has 1 aromatic rings. The second-order valence-electron chi connectivity index (χ2n) is 6.50. The first-order valence-corrected chi connectivity index (χ1v) is 9.42. The zero-order valence-corrected chi connectivity index (χ0v) is 15.8. The molecule has 0 aliphatic heterocycles. The summed E-state index contributed by atoms with van der Waals surface area (Å²) in [6.07, 6.45) is 1.15. The predicted molar refractivity (Wildman–Crippen MR) is 97.2 cm³/mol. The lowest BCUT2D eigenvalue weighted by Crippen LogP contribution is -2.37. The van der Waals surface area contributed by atoms with Crippen LogP contribution in [-0.2, 0) is 14.6 Å². The number of alkyl carbamates (subject to hydrolysis) is 1. The van der Waals surface area contributed by atoms with Crippen LogP contribution in [0.5, 0.6) is 0 Å². The SMILES string of the molecule is CC(C)(C)OC(=O)NC(/C(N)=C/N=C(N)S(C)(=O)=O)c1ccc(F)cc1. The van der Waals surface area contributed by atoms with Gasteiger partial charge in [0.15, 0.2) is 0 Å². The Balaban J connectivity index is 3.19. The van der Waals surface area contributed by atoms with E-state index in [1.54, 1.807) is 20.8 Å². The number of benzene rings is 1. The molecule has 0 saturated carbocycles. The van der Waals surface area contributed by atoms with Gasteiger partial charge in [0, 0.05) is 6.26 Å². The van der Waals surface area contributed by atoms with Crippen LogP contribution in [0.2, 0.25) is 0 Å². The lowest BCUT2D eigenvalue weighted by Gasteiger charge is -2.24. The number of nitrogens with one attached hydrogen (secondary N) is 1. The molecule has 0 aliphatic carbocycles. The van der Waals surface area contributed by atoms with Gasteiger partial charge in [0.2, 0.25) is 15.0 Å². The van der Waals surface area contributed by atoms with Gasteiger partial charge in [-0.05, 0) is 38.5 Å². The van der Waals surface area contributed by atoms with Crippen LogP contribution >= 0.6 is 0 Å². The van der Waals surface area contributed by atoms with Gasteiger partial charge in [-0.3, -0.25) is 0 Å². The molecule has 10 heteroatoms. The van der Waals surface area contributed by atoms with E-state index in [1.807, 2.05) is 0 Å². The Bertz CT molecular complexity index is 812. The summed E-state index contributed by atoms with van der Waals surface area (Å²) in [7, 11) is -3.68. The van der Waals surface area contributed by atoms with E-state index in [-0.39, 0.29) is 5.70 Å². The number of aliphatic imine (C=N–C) groups is 1. The number of carbonyl (C=O) groups excluding carboxylic acids is 1. The third-order valence-electron chi connectivity index (χ3n) is 2.92. The summed E-state index contributed by atoms with van der Waals surface area (Å²) in [6, 6.07) is 4.30. The lowest BCUT2D eigenvalue weighted by molar-refractivity contribution is 0.0511. The molecule has 0 spiro atoms. The third-order valence-corrected chi connectivity index (χ3v) is 3.78. The first-order valence-electron chi connectivity index (χ1n) is 7.53. The number of amidine groups is 1. The van der Waals surface area contributed by atoms with E-state index in [2.05, 4.69) is 10.3 Å². The number of hydrogen-bond donors (Lipinski definition) is 3. The molecule has 0 aromatic heterocycles. The third kappa shape index (κ3) is 7.09. The van der Waals surface area contributed by atoms with E-state index in [1.165, 1.54) is 24.3 Å². The summed E-state index contributed by atoms with van der Waals surface area (Å²) in [5.74, 6) is -0.466. The second-order valence-corrected chi connectivity index (χ2v) is 8.46. The molecule has 0 saturated heterocycles. The monoisotopic (exact) mass is 386 g/mol. The van der Waals surface area contributed by atoms with Crippen molar-refractivity contribution >= 4 is 21.1 Å². The highest BCUT2D eigenvalue weighted by atomic mass is 32.2. The largest absolute Gasteiger partial charge is 0.444 e. The van der Waals surface area contributed by atoms with E-state index in [9.17, 15) is 17.6 Å². The summed E-state index contributed by atoms with van der Waals surface area (Å²) >= 11 is 0. The van der Waals surface area contributed by atoms with Gasteiger partial charge in [0.25, 0.3) is 0 Å². The van der Waals surface area contributed by atoms with Crippen molar-refractivity contribution in [1.82, 2.24) is 5.32 Å². The fraction of sp³-hybridized carbons (Fsp3) is 0.375. The van der Waals surface area contributed by atoms with Gasteiger partial charge in [-0.2, -0.15) is 0 Å². The maximum Gasteiger partial charge on any atom is 0.408 e. The van der Waals surface area contributed by atoms with Crippen LogP contribution in [-0.4, -0.2) is 31.5 Å². The molecule has 1 aromatic carbocycles. The molecule has 0 bridgehead atoms. The number of carbonyl (C=O) groups is 1. The maximum atomic E-state index is 13.2. The smallest absolute Gasteiger partial charge is 0.408 e. The highest BCUT2D eigenvalue weighted by molar-refractivity contribution is 8.05. The van der Waals surface area contributed by atoms with Gasteiger partial charge < -0.3 is 21.5 Å². The molecule has 0 fully saturated rings. The highest BCUT2D eigenvalue weighted by Crippen LogP contribution is 2.20. The van der Waals surface area contributed by atoms with Crippen LogP contribution in [0.15, 0.2) is 41.2 Å². The first kappa shape index (κ1) is 21.4. The Hall–Kier alpha value is -2.62. The average Bonchev–Trinajstić information content (AvgIpc) is 2.48. The van der Waals surface area contributed by atoms with Crippen molar-refractivity contribution in [3.05, 3.63) is 47.5 Å². The fourth-order valence-corrected chi connectivity index (χ4v) is 1.99. The van der Waals surface area contributed by atoms with E-state index in [0.717, 1.165) is 12.5 Å². The van der Waals surface area contributed by atoms with Crippen LogP contribution in [0.25, 0.3) is 0 Å². The van der Waals surface area contributed by atoms with Crippen molar-refractivity contribution in [2.24, 2.45) is 16.5 Å². The Morgan fingerprint density at radius 3 is 2.27 bits per heavy atom. The van der Waals surface area contributed by atoms with Gasteiger partial charge in [-0.1, -0.05) is 12.1 Å². The number of rotatable bonds is 4. The average molecular weight is 386 g/mol. The predicted octanol–water partition coefficient (Wildman–Crippen LogP) is 1.55. The van der Waals surface area contributed by atoms with Crippen molar-refractivity contribution in [3.63, 3.8) is 0 Å². The number of sulfone groups is 1. The minimum absolute atomic E-state index is 0.0194. The molecule has 26 heavy (non-hydrogen) atoms. The molecule has 1 amide bonds. The molecule has 0 aliphatic rings. The number of hydrogen-bond acceptors (Lipinski definition) is 6. The molecule has 0 heterocycles. The Kier molecular flexibility index (Phi) is 6.73. The molecule has 144 valence electrons. The van der Waals surface area contributed by atoms with Crippen LogP contribution in [0, 0.1) is 5.82 Å². The van der Waals surface area contributed by atoms with Crippen molar-refractivity contribution in [1.29, 1.82) is 0 Å². The molecule has 1 atom stereocenters. The van der Waals surface area contributed by atoms with E-state index in [4.69, 9.17) is 16.2 Å². The Morgan fingerprint density at radius 2 is 1.81 bits per heavy atom. The van der Waals surface area contributed by atoms with Crippen LogP contribution in [0.3, 0.4) is 0 Å². The number of nitrogens with zero attached hydrogens (tertiary/aromatic N) is 1. The standard InChI is InChI=1S/C16H23FN4O4S/c1-16(2,3)25-15(22)21-13(10-5-7-11(17)8-6-10)12(18)9-20-14(19)26(4,23)24/h5-9,13H,18H2,1-4H3,(H2,19,20)(H,21,22)/b12-9-. The van der Waals surface area contributed by atoms with Gasteiger partial charge in [-0.15, -0.1) is 0 Å². The topological polar surface area (TPSA) is 137 Å². The number of amides is 1. The Morgan fingerprint density at radius 1 is 1.27 bits per heavy atom. The lowest BCUT2D eigenvalue weighted by atomic mass is 10.0. The first-order chi connectivity index (χ1) is 11.8. The van der Waals surface area contributed by atoms with Gasteiger partial charge in [-0.25, -0.2) is 22.6 Å². The van der Waals surface area contributed by atoms with Gasteiger partial charge in [0.05, 0.1) is 17.9 Å². The minimum atomic E-state index is -3.68. The number of nitrogens with two attached hydrogens (primary N) is 2. The molecular weight excluding hydrogens is 363 g/mol. The quantitative estimate of drug-likeness (QED) is 0.530. The zero-order chi connectivity index (χ0) is 20.1. The second kappa shape index (κ2) is 8.17. The number of halogens is 1. The maximum absolute atomic E-state index is 13.2. The van der Waals surface area contributed by atoms with Gasteiger partial charge >= 0.3 is 6.09 Å². The molecular formula is C16H23FN4O4S. The van der Waals surface area contributed by atoms with Crippen molar-refractivity contribution < 1.29 is 22.3 Å². The molecule has 0 radical (unpaired) electrons. The van der Waals surface area contributed by atoms with Crippen LogP contribution < -0.4 is 16.8 Å². The summed E-state index contributed by atoms with van der Waals surface area (Å²) < 4.78 is 40.9. The fourth-order valence-electron chi connectivity index (χ4n) is 1.75. The van der Waals surface area contributed by atoms with Crippen molar-refractivity contribution in [2.75, 3.05) is 6.26 Å². The van der Waals surface area contributed by atoms with Crippen molar-refractivity contribution in [3.8, 4) is 0 Å².